The molecule has 1 aromatic rings. The van der Waals surface area contributed by atoms with Gasteiger partial charge in [-0.3, -0.25) is 4.90 Å². The number of thioether (sulfide) groups is 1. The lowest BCUT2D eigenvalue weighted by atomic mass is 10.2. The predicted octanol–water partition coefficient (Wildman–Crippen LogP) is 0.694. The lowest BCUT2D eigenvalue weighted by Gasteiger charge is -2.34. The summed E-state index contributed by atoms with van der Waals surface area (Å²) in [4.78, 5) is 13.5. The van der Waals surface area contributed by atoms with E-state index >= 15 is 0 Å². The number of nitrogens with zero attached hydrogens (tertiary/aromatic N) is 4. The zero-order chi connectivity index (χ0) is 13.6. The second-order valence-electron chi connectivity index (χ2n) is 5.39. The molecule has 0 amide bonds. The lowest BCUT2D eigenvalue weighted by Crippen LogP contribution is -2.49. The second kappa shape index (κ2) is 7.24. The van der Waals surface area contributed by atoms with Crippen molar-refractivity contribution in [2.24, 2.45) is 0 Å². The summed E-state index contributed by atoms with van der Waals surface area (Å²) in [6, 6.07) is 2.62. The predicted molar refractivity (Wildman–Crippen MR) is 84.4 cm³/mol. The van der Waals surface area contributed by atoms with Crippen LogP contribution in [-0.2, 0) is 0 Å². The summed E-state index contributed by atoms with van der Waals surface area (Å²) in [6.45, 7) is 6.56. The molecule has 2 aliphatic rings. The summed E-state index contributed by atoms with van der Waals surface area (Å²) in [5, 5.41) is 3.67. The quantitative estimate of drug-likeness (QED) is 0.862. The molecule has 5 nitrogen and oxygen atoms in total. The number of rotatable bonds is 5. The highest BCUT2D eigenvalue weighted by atomic mass is 32.2. The van der Waals surface area contributed by atoms with Crippen LogP contribution in [0.1, 0.15) is 6.42 Å². The van der Waals surface area contributed by atoms with Crippen molar-refractivity contribution in [3.05, 3.63) is 18.5 Å². The third-order valence-electron chi connectivity index (χ3n) is 4.00. The summed E-state index contributed by atoms with van der Waals surface area (Å²) in [5.41, 5.74) is 0. The smallest absolute Gasteiger partial charge is 0.225 e. The summed E-state index contributed by atoms with van der Waals surface area (Å²) >= 11 is 2.07. The van der Waals surface area contributed by atoms with Crippen LogP contribution in [0.2, 0.25) is 0 Å². The molecular formula is C14H23N5S. The van der Waals surface area contributed by atoms with Gasteiger partial charge in [0.1, 0.15) is 0 Å². The van der Waals surface area contributed by atoms with Gasteiger partial charge in [0.2, 0.25) is 5.95 Å². The van der Waals surface area contributed by atoms with Crippen LogP contribution < -0.4 is 10.2 Å². The zero-order valence-corrected chi connectivity index (χ0v) is 12.7. The van der Waals surface area contributed by atoms with Crippen LogP contribution in [0.5, 0.6) is 0 Å². The van der Waals surface area contributed by atoms with Crippen LogP contribution in [0, 0.1) is 0 Å². The first-order valence-corrected chi connectivity index (χ1v) is 8.63. The Balaban J connectivity index is 1.36. The summed E-state index contributed by atoms with van der Waals surface area (Å²) < 4.78 is 0. The van der Waals surface area contributed by atoms with E-state index in [1.165, 1.54) is 17.9 Å². The van der Waals surface area contributed by atoms with E-state index in [-0.39, 0.29) is 0 Å². The molecule has 20 heavy (non-hydrogen) atoms. The van der Waals surface area contributed by atoms with Crippen LogP contribution in [0.15, 0.2) is 18.5 Å². The van der Waals surface area contributed by atoms with E-state index in [9.17, 15) is 0 Å². The Kier molecular flexibility index (Phi) is 5.11. The van der Waals surface area contributed by atoms with Gasteiger partial charge in [0.15, 0.2) is 0 Å². The maximum atomic E-state index is 4.32. The molecule has 0 spiro atoms. The maximum absolute atomic E-state index is 4.32. The second-order valence-corrected chi connectivity index (χ2v) is 6.54. The summed E-state index contributed by atoms with van der Waals surface area (Å²) in [6.07, 6.45) is 4.97. The molecule has 0 unspecified atom stereocenters. The van der Waals surface area contributed by atoms with Crippen molar-refractivity contribution in [3.8, 4) is 0 Å². The molecule has 1 aromatic heterocycles. The van der Waals surface area contributed by atoms with Crippen LogP contribution in [-0.4, -0.2) is 71.7 Å². The van der Waals surface area contributed by atoms with Gasteiger partial charge in [-0.25, -0.2) is 9.97 Å². The number of nitrogens with one attached hydrogen (secondary N) is 1. The Hall–Kier alpha value is -0.850. The monoisotopic (exact) mass is 293 g/mol. The molecule has 2 saturated heterocycles. The lowest BCUT2D eigenvalue weighted by molar-refractivity contribution is 0.253. The number of hydrogen-bond acceptors (Lipinski definition) is 6. The van der Waals surface area contributed by atoms with Crippen LogP contribution >= 0.6 is 11.8 Å². The van der Waals surface area contributed by atoms with Crippen molar-refractivity contribution >= 4 is 17.7 Å². The normalized spacial score (nSPS) is 24.2. The van der Waals surface area contributed by atoms with Crippen molar-refractivity contribution in [1.29, 1.82) is 0 Å². The largest absolute Gasteiger partial charge is 0.338 e. The molecule has 1 N–H and O–H groups in total. The minimum Gasteiger partial charge on any atom is -0.338 e. The average molecular weight is 293 g/mol. The molecule has 0 aliphatic carbocycles. The molecule has 110 valence electrons. The van der Waals surface area contributed by atoms with Gasteiger partial charge < -0.3 is 10.2 Å². The average Bonchev–Trinajstić information content (AvgIpc) is 3.02. The van der Waals surface area contributed by atoms with Crippen molar-refractivity contribution in [2.75, 3.05) is 55.7 Å². The van der Waals surface area contributed by atoms with E-state index < -0.39 is 0 Å². The summed E-state index contributed by atoms with van der Waals surface area (Å²) in [5.74, 6) is 3.49. The molecule has 2 fully saturated rings. The van der Waals surface area contributed by atoms with Gasteiger partial charge in [-0.2, -0.15) is 11.8 Å². The number of hydrogen-bond donors (Lipinski definition) is 1. The van der Waals surface area contributed by atoms with Gasteiger partial charge in [-0.05, 0) is 18.2 Å². The van der Waals surface area contributed by atoms with E-state index in [0.717, 1.165) is 51.3 Å². The van der Waals surface area contributed by atoms with Crippen LogP contribution in [0.3, 0.4) is 0 Å². The Morgan fingerprint density at radius 3 is 2.70 bits per heavy atom. The van der Waals surface area contributed by atoms with Crippen molar-refractivity contribution in [1.82, 2.24) is 20.2 Å². The van der Waals surface area contributed by atoms with Gasteiger partial charge in [0.25, 0.3) is 0 Å². The topological polar surface area (TPSA) is 44.3 Å². The fourth-order valence-electron chi connectivity index (χ4n) is 2.75. The molecule has 0 saturated carbocycles. The first kappa shape index (κ1) is 14.1. The highest BCUT2D eigenvalue weighted by Gasteiger charge is 2.19. The first-order valence-electron chi connectivity index (χ1n) is 7.47. The number of piperazine rings is 1. The van der Waals surface area contributed by atoms with Gasteiger partial charge in [-0.15, -0.1) is 0 Å². The van der Waals surface area contributed by atoms with Gasteiger partial charge >= 0.3 is 0 Å². The maximum Gasteiger partial charge on any atom is 0.225 e. The third-order valence-corrected chi connectivity index (χ3v) is 5.16. The minimum atomic E-state index is 0.749. The molecule has 1 atom stereocenters. The van der Waals surface area contributed by atoms with Gasteiger partial charge in [0, 0.05) is 63.5 Å². The van der Waals surface area contributed by atoms with E-state index in [4.69, 9.17) is 0 Å². The van der Waals surface area contributed by atoms with Crippen molar-refractivity contribution < 1.29 is 0 Å². The Labute approximate surface area is 125 Å². The Morgan fingerprint density at radius 2 is 2.00 bits per heavy atom. The number of aromatic nitrogens is 2. The summed E-state index contributed by atoms with van der Waals surface area (Å²) in [7, 11) is 0. The molecule has 0 aromatic carbocycles. The van der Waals surface area contributed by atoms with Gasteiger partial charge in [-0.1, -0.05) is 0 Å². The Bertz CT molecular complexity index is 388. The van der Waals surface area contributed by atoms with Crippen LogP contribution in [0.25, 0.3) is 0 Å². The Morgan fingerprint density at radius 1 is 1.20 bits per heavy atom. The van der Waals surface area contributed by atoms with E-state index in [0.29, 0.717) is 0 Å². The van der Waals surface area contributed by atoms with E-state index in [1.54, 1.807) is 0 Å². The fourth-order valence-corrected chi connectivity index (χ4v) is 3.94. The highest BCUT2D eigenvalue weighted by Crippen LogP contribution is 2.16. The molecular weight excluding hydrogens is 270 g/mol. The fraction of sp³-hybridized carbons (Fsp3) is 0.714. The third kappa shape index (κ3) is 3.84. The minimum absolute atomic E-state index is 0.749. The highest BCUT2D eigenvalue weighted by molar-refractivity contribution is 7.99. The molecule has 2 aliphatic heterocycles. The molecule has 3 rings (SSSR count). The van der Waals surface area contributed by atoms with Crippen molar-refractivity contribution in [2.45, 2.75) is 12.5 Å². The molecule has 3 heterocycles. The molecule has 0 radical (unpaired) electrons. The van der Waals surface area contributed by atoms with Crippen molar-refractivity contribution in [3.63, 3.8) is 0 Å². The molecule has 6 heteroatoms. The first-order chi connectivity index (χ1) is 9.92. The standard InChI is InChI=1S/C14H23N5S/c1-3-16-14(17-4-1)19-9-7-18(8-10-19)6-5-15-13-2-11-20-12-13/h1,3-4,13,15H,2,5-12H2/t13-/m0/s1. The SMILES string of the molecule is c1cnc(N2CCN(CCN[C@H]3CCSC3)CC2)nc1. The van der Waals surface area contributed by atoms with E-state index in [2.05, 4.69) is 36.8 Å². The number of anilines is 1. The molecule has 0 bridgehead atoms. The van der Waals surface area contributed by atoms with Gasteiger partial charge in [0.05, 0.1) is 0 Å². The van der Waals surface area contributed by atoms with E-state index in [1.807, 2.05) is 18.5 Å². The van der Waals surface area contributed by atoms with Crippen LogP contribution in [0.4, 0.5) is 5.95 Å². The zero-order valence-electron chi connectivity index (χ0n) is 11.9.